The number of benzene rings is 4. The Hall–Kier alpha value is -6.94. The fourth-order valence-electron chi connectivity index (χ4n) is 8.85. The summed E-state index contributed by atoms with van der Waals surface area (Å²) in [6.45, 7) is 21.7. The van der Waals surface area contributed by atoms with Gasteiger partial charge in [-0.25, -0.2) is 0 Å². The highest BCUT2D eigenvalue weighted by Gasteiger charge is 2.24. The monoisotopic (exact) mass is 1500 g/mol. The molecule has 0 fully saturated rings. The van der Waals surface area contributed by atoms with Gasteiger partial charge in [0.1, 0.15) is 36.2 Å². The first kappa shape index (κ1) is 75.8. The second kappa shape index (κ2) is 40.9. The first-order valence-electron chi connectivity index (χ1n) is 30.3. The number of ether oxygens (including phenoxy) is 8. The minimum atomic E-state index is -0.351. The summed E-state index contributed by atoms with van der Waals surface area (Å²) < 4.78 is 46.7. The van der Waals surface area contributed by atoms with Gasteiger partial charge in [0.15, 0.2) is 0 Å². The van der Waals surface area contributed by atoms with Crippen molar-refractivity contribution in [1.82, 2.24) is 50.3 Å². The third kappa shape index (κ3) is 29.8. The minimum absolute atomic E-state index is 0.118. The topological polar surface area (TPSA) is 304 Å². The first-order valence-corrected chi connectivity index (χ1v) is 33.4. The minimum Gasteiger partial charge on any atom is -0.508 e. The molecule has 2 aliphatic rings. The van der Waals surface area contributed by atoms with E-state index in [0.29, 0.717) is 101 Å². The highest BCUT2D eigenvalue weighted by atomic mass is 127. The van der Waals surface area contributed by atoms with Crippen LogP contribution in [-0.4, -0.2) is 204 Å². The van der Waals surface area contributed by atoms with Crippen molar-refractivity contribution in [2.24, 2.45) is 10.8 Å². The number of anilines is 6. The summed E-state index contributed by atoms with van der Waals surface area (Å²) in [4.78, 5) is 56.4. The summed E-state index contributed by atoms with van der Waals surface area (Å²) in [7, 11) is 8.00. The highest BCUT2D eigenvalue weighted by molar-refractivity contribution is 14.1. The van der Waals surface area contributed by atoms with E-state index in [1.807, 2.05) is 66.3 Å². The van der Waals surface area contributed by atoms with Crippen LogP contribution in [0.2, 0.25) is 0 Å². The molecule has 6 bridgehead atoms. The lowest BCUT2D eigenvalue weighted by atomic mass is 9.93. The van der Waals surface area contributed by atoms with Gasteiger partial charge in [-0.05, 0) is 113 Å². The maximum Gasteiger partial charge on any atom is 0.323 e. The van der Waals surface area contributed by atoms with Crippen LogP contribution in [0.4, 0.5) is 35.2 Å². The zero-order valence-electron chi connectivity index (χ0n) is 54.5. The fourth-order valence-corrected chi connectivity index (χ4v) is 9.47. The van der Waals surface area contributed by atoms with Gasteiger partial charge in [0.25, 0.3) is 11.8 Å². The number of nitrogens with one attached hydrogen (secondary N) is 6. The van der Waals surface area contributed by atoms with E-state index in [9.17, 15) is 19.8 Å². The molecular weight excluding hydrogens is 1410 g/mol. The average Bonchev–Trinajstić information content (AvgIpc) is 1.03. The van der Waals surface area contributed by atoms with Crippen LogP contribution in [0.1, 0.15) is 73.4 Å². The van der Waals surface area contributed by atoms with Gasteiger partial charge in [-0.2, -0.15) is 29.9 Å². The second-order valence-corrected chi connectivity index (χ2v) is 25.0. The Bertz CT molecular complexity index is 3130. The van der Waals surface area contributed by atoms with E-state index < -0.39 is 0 Å². The van der Waals surface area contributed by atoms with E-state index in [0.717, 1.165) is 65.2 Å². The molecule has 0 saturated carbocycles. The number of hydrogen-bond acceptors (Lipinski definition) is 24. The number of fused-ring (bicyclic) bond motifs is 12. The fraction of sp³-hybridized carbons (Fsp3) is 0.500. The van der Waals surface area contributed by atoms with Gasteiger partial charge >= 0.3 is 12.0 Å². The molecule has 28 heteroatoms. The molecule has 4 aromatic carbocycles. The first-order chi connectivity index (χ1) is 44.2. The third-order valence-corrected chi connectivity index (χ3v) is 13.5. The van der Waals surface area contributed by atoms with E-state index >= 15 is 0 Å². The Kier molecular flexibility index (Phi) is 33.7. The molecule has 6 aromatic rings. The summed E-state index contributed by atoms with van der Waals surface area (Å²) in [6, 6.07) is 24.7. The molecule has 8 rings (SSSR count). The quantitative estimate of drug-likeness (QED) is 0.0109. The number of hydrogen-bond donors (Lipinski definition) is 8. The van der Waals surface area contributed by atoms with E-state index in [2.05, 4.69) is 144 Å². The lowest BCUT2D eigenvalue weighted by Crippen LogP contribution is -2.40. The van der Waals surface area contributed by atoms with Crippen LogP contribution >= 0.6 is 45.2 Å². The van der Waals surface area contributed by atoms with Gasteiger partial charge in [-0.3, -0.25) is 9.59 Å². The number of carbonyl (C=O) groups excluding carboxylic acids is 2. The van der Waals surface area contributed by atoms with Crippen molar-refractivity contribution in [3.8, 4) is 35.0 Å². The van der Waals surface area contributed by atoms with Crippen LogP contribution < -0.4 is 50.8 Å². The lowest BCUT2D eigenvalue weighted by molar-refractivity contribution is 0.0272. The van der Waals surface area contributed by atoms with Gasteiger partial charge in [0.2, 0.25) is 23.8 Å². The predicted molar refractivity (Wildman–Crippen MR) is 374 cm³/mol. The molecule has 2 amide bonds. The third-order valence-electron chi connectivity index (χ3n) is 12.6. The molecule has 8 N–H and O–H groups in total. The number of phenols is 2. The molecule has 504 valence electrons. The average molecular weight is 1500 g/mol. The molecule has 2 aliphatic heterocycles. The Morgan fingerprint density at radius 3 is 1.76 bits per heavy atom. The Morgan fingerprint density at radius 2 is 1.17 bits per heavy atom. The molecule has 2 aromatic heterocycles. The molecule has 4 heterocycles. The Morgan fingerprint density at radius 1 is 0.620 bits per heavy atom. The second-order valence-electron chi connectivity index (χ2n) is 22.8. The number of carbonyl (C=O) groups is 2. The van der Waals surface area contributed by atoms with Crippen molar-refractivity contribution in [2.45, 2.75) is 54.6 Å². The number of rotatable bonds is 26. The number of nitrogens with zero attached hydrogens (tertiary/aromatic N) is 8. The number of alkyl halides is 2. The smallest absolute Gasteiger partial charge is 0.323 e. The van der Waals surface area contributed by atoms with Crippen LogP contribution in [0.15, 0.2) is 84.9 Å². The number of halogens is 2. The van der Waals surface area contributed by atoms with Crippen molar-refractivity contribution in [3.63, 3.8) is 0 Å². The van der Waals surface area contributed by atoms with Gasteiger partial charge in [-0.15, -0.1) is 0 Å². The summed E-state index contributed by atoms with van der Waals surface area (Å²) in [6.07, 6.45) is 0. The molecule has 0 aliphatic carbocycles. The highest BCUT2D eigenvalue weighted by Crippen LogP contribution is 2.29. The summed E-state index contributed by atoms with van der Waals surface area (Å²) in [5, 5.41) is 38.5. The van der Waals surface area contributed by atoms with Crippen LogP contribution in [0.5, 0.6) is 35.0 Å². The molecule has 0 unspecified atom stereocenters. The van der Waals surface area contributed by atoms with E-state index in [1.165, 1.54) is 6.07 Å². The number of phenolic OH excluding ortho intramolecular Hbond substituents is 2. The van der Waals surface area contributed by atoms with E-state index in [-0.39, 0.29) is 76.2 Å². The normalized spacial score (nSPS) is 12.9. The van der Waals surface area contributed by atoms with E-state index in [1.54, 1.807) is 54.6 Å². The van der Waals surface area contributed by atoms with Gasteiger partial charge in [-0.1, -0.05) is 97.1 Å². The van der Waals surface area contributed by atoms with Crippen LogP contribution in [-0.2, 0) is 32.0 Å². The van der Waals surface area contributed by atoms with Gasteiger partial charge in [0, 0.05) is 71.6 Å². The number of aromatic hydroxyl groups is 2. The molecule has 0 radical (unpaired) electrons. The molecule has 0 atom stereocenters. The molecule has 26 nitrogen and oxygen atoms in total. The van der Waals surface area contributed by atoms with Crippen molar-refractivity contribution >= 4 is 92.2 Å². The summed E-state index contributed by atoms with van der Waals surface area (Å²) >= 11 is 4.58. The van der Waals surface area contributed by atoms with Crippen molar-refractivity contribution < 1.29 is 57.7 Å². The summed E-state index contributed by atoms with van der Waals surface area (Å²) in [5.41, 5.74) is 3.39. The van der Waals surface area contributed by atoms with Crippen LogP contribution in [0.3, 0.4) is 0 Å². The molecular formula is C64H92I2N14O12. The van der Waals surface area contributed by atoms with Crippen molar-refractivity contribution in [2.75, 3.05) is 164 Å². The van der Waals surface area contributed by atoms with Crippen molar-refractivity contribution in [3.05, 3.63) is 107 Å². The molecule has 0 spiro atoms. The van der Waals surface area contributed by atoms with Crippen LogP contribution in [0.25, 0.3) is 0 Å². The van der Waals surface area contributed by atoms with Crippen molar-refractivity contribution in [1.29, 1.82) is 0 Å². The maximum atomic E-state index is 13.3. The Balaban J connectivity index is 0.000000294. The maximum absolute atomic E-state index is 13.3. The molecule has 92 heavy (non-hydrogen) atoms. The predicted octanol–water partition coefficient (Wildman–Crippen LogP) is 8.99. The zero-order valence-corrected chi connectivity index (χ0v) is 58.9. The van der Waals surface area contributed by atoms with Gasteiger partial charge in [0.05, 0.1) is 77.2 Å². The lowest BCUT2D eigenvalue weighted by Gasteiger charge is -2.28. The summed E-state index contributed by atoms with van der Waals surface area (Å²) in [5.74, 6) is 1.71. The standard InChI is InChI=1S/C32H45N7O6.C26H35N7O4.C6H12I2O2/c1-6-43-31-37-29-33-20-23-7-10-25(11-8-23)44-17-15-41-13-14-42-16-18-45-27-19-24(35-30(36-29)38-31)9-12-26(27)28(40)34-21-32(2,3)22-39(4)5;1-6-37-25-31-23(27-14-17-7-10-19(34)11-8-17)30-24(32-25)29-18-9-12-20(21(35)13-18)22(36)28-15-26(2,3)16-33(4)5;7-1-3-9-5-6-10-4-2-8/h7-12,19H,6,13-18,20-22H2,1-5H3,(H,34,40)(H2,33,35,36,37,38);7-13,34-35H,6,14-16H2,1-5H3,(H,28,36)(H2,27,29,30,31,32);1-6H2. The largest absolute Gasteiger partial charge is 0.508 e. The van der Waals surface area contributed by atoms with Gasteiger partial charge < -0.3 is 89.8 Å². The van der Waals surface area contributed by atoms with Crippen LogP contribution in [0, 0.1) is 10.8 Å². The zero-order chi connectivity index (χ0) is 66.7. The Labute approximate surface area is 568 Å². The van der Waals surface area contributed by atoms with E-state index in [4.69, 9.17) is 37.9 Å². The molecule has 0 saturated heterocycles. The number of aromatic nitrogens is 6. The SMILES string of the molecule is CCOc1nc(NCc2ccc(O)cc2)nc(Nc2ccc(C(=O)NCC(C)(C)CN(C)C)c(O)c2)n1.CCOc1nc2nc(n1)Nc1ccc(C(=O)NCC(C)(C)CN(C)C)c(c1)OCCOCCOCCOc1ccc(cc1)CN2.ICCOCCOCCI. The number of amides is 2.